The molecule has 0 bridgehead atoms. The average Bonchev–Trinajstić information content (AvgIpc) is 3.36. The quantitative estimate of drug-likeness (QED) is 0.213. The van der Waals surface area contributed by atoms with Crippen molar-refractivity contribution in [3.63, 3.8) is 0 Å². The molecule has 0 saturated heterocycles. The molecule has 0 radical (unpaired) electrons. The van der Waals surface area contributed by atoms with E-state index in [1.54, 1.807) is 19.4 Å². The highest BCUT2D eigenvalue weighted by Crippen LogP contribution is 2.34. The Hall–Kier alpha value is -3.97. The van der Waals surface area contributed by atoms with E-state index in [0.29, 0.717) is 16.7 Å². The lowest BCUT2D eigenvalue weighted by Gasteiger charge is -2.17. The van der Waals surface area contributed by atoms with Crippen molar-refractivity contribution in [2.45, 2.75) is 26.7 Å². The van der Waals surface area contributed by atoms with Crippen LogP contribution in [0.5, 0.6) is 5.75 Å². The number of methoxy groups -OCH3 is 1. The van der Waals surface area contributed by atoms with Gasteiger partial charge < -0.3 is 9.30 Å². The van der Waals surface area contributed by atoms with E-state index in [1.165, 1.54) is 4.68 Å². The summed E-state index contributed by atoms with van der Waals surface area (Å²) < 4.78 is 10.1. The predicted octanol–water partition coefficient (Wildman–Crippen LogP) is 6.94. The molecule has 0 N–H and O–H groups in total. The van der Waals surface area contributed by atoms with Crippen LogP contribution in [0.15, 0.2) is 93.4 Å². The molecule has 3 aromatic carbocycles. The molecule has 0 unspecified atom stereocenters. The lowest BCUT2D eigenvalue weighted by Crippen LogP contribution is -2.21. The van der Waals surface area contributed by atoms with E-state index >= 15 is 0 Å². The van der Waals surface area contributed by atoms with Gasteiger partial charge in [-0.3, -0.25) is 4.79 Å². The molecule has 6 nitrogen and oxygen atoms in total. The minimum absolute atomic E-state index is 0.222. The molecule has 5 aromatic rings. The molecule has 0 aliphatic heterocycles. The molecule has 0 amide bonds. The molecule has 2 aromatic heterocycles. The Labute approximate surface area is 224 Å². The summed E-state index contributed by atoms with van der Waals surface area (Å²) in [6.45, 7) is 6.23. The highest BCUT2D eigenvalue weighted by atomic mass is 79.9. The van der Waals surface area contributed by atoms with Gasteiger partial charge in [0.05, 0.1) is 29.9 Å². The lowest BCUT2D eigenvalue weighted by atomic mass is 9.96. The Kier molecular flexibility index (Phi) is 6.80. The molecule has 0 spiro atoms. The van der Waals surface area contributed by atoms with Crippen molar-refractivity contribution in [3.8, 4) is 22.8 Å². The first kappa shape index (κ1) is 24.7. The van der Waals surface area contributed by atoms with Gasteiger partial charge >= 0.3 is 0 Å². The molecular formula is C30H27BrN4O2. The Morgan fingerprint density at radius 1 is 1.03 bits per heavy atom. The van der Waals surface area contributed by atoms with Gasteiger partial charge in [-0.1, -0.05) is 41.9 Å². The van der Waals surface area contributed by atoms with Crippen LogP contribution in [0.1, 0.15) is 36.6 Å². The second-order valence-electron chi connectivity index (χ2n) is 9.16. The van der Waals surface area contributed by atoms with Crippen LogP contribution in [-0.4, -0.2) is 27.6 Å². The zero-order chi connectivity index (χ0) is 26.1. The van der Waals surface area contributed by atoms with Crippen LogP contribution in [-0.2, 0) is 0 Å². The summed E-state index contributed by atoms with van der Waals surface area (Å²) in [6.07, 6.45) is 3.67. The third-order valence-corrected chi connectivity index (χ3v) is 6.91. The predicted molar refractivity (Wildman–Crippen MR) is 153 cm³/mol. The first-order valence-corrected chi connectivity index (χ1v) is 12.8. The zero-order valence-electron chi connectivity index (χ0n) is 21.1. The number of hydrogen-bond donors (Lipinski definition) is 0. The Morgan fingerprint density at radius 3 is 2.51 bits per heavy atom. The summed E-state index contributed by atoms with van der Waals surface area (Å²) in [5, 5.41) is 5.21. The molecule has 37 heavy (non-hydrogen) atoms. The monoisotopic (exact) mass is 554 g/mol. The van der Waals surface area contributed by atoms with Crippen molar-refractivity contribution in [3.05, 3.63) is 111 Å². The second-order valence-corrected chi connectivity index (χ2v) is 10.1. The third kappa shape index (κ3) is 4.74. The van der Waals surface area contributed by atoms with E-state index in [4.69, 9.17) is 14.8 Å². The maximum absolute atomic E-state index is 13.7. The highest BCUT2D eigenvalue weighted by Gasteiger charge is 2.18. The Bertz CT molecular complexity index is 1680. The van der Waals surface area contributed by atoms with Crippen LogP contribution < -0.4 is 10.3 Å². The maximum Gasteiger partial charge on any atom is 0.282 e. The van der Waals surface area contributed by atoms with Gasteiger partial charge in [-0.05, 0) is 84.6 Å². The van der Waals surface area contributed by atoms with Gasteiger partial charge in [-0.25, -0.2) is 4.98 Å². The smallest absolute Gasteiger partial charge is 0.282 e. The number of halogens is 1. The summed E-state index contributed by atoms with van der Waals surface area (Å²) in [6, 6.07) is 23.4. The molecule has 2 heterocycles. The van der Waals surface area contributed by atoms with Gasteiger partial charge in [-0.15, -0.1) is 0 Å². The van der Waals surface area contributed by atoms with Crippen LogP contribution in [0.25, 0.3) is 28.0 Å². The van der Waals surface area contributed by atoms with Crippen molar-refractivity contribution in [1.82, 2.24) is 14.2 Å². The molecule has 0 aliphatic carbocycles. The van der Waals surface area contributed by atoms with Gasteiger partial charge in [0.25, 0.3) is 5.56 Å². The zero-order valence-corrected chi connectivity index (χ0v) is 22.7. The lowest BCUT2D eigenvalue weighted by molar-refractivity contribution is 0.407. The van der Waals surface area contributed by atoms with Crippen LogP contribution in [0.3, 0.4) is 0 Å². The van der Waals surface area contributed by atoms with Crippen LogP contribution >= 0.6 is 15.9 Å². The van der Waals surface area contributed by atoms with E-state index in [9.17, 15) is 4.79 Å². The average molecular weight is 555 g/mol. The van der Waals surface area contributed by atoms with Crippen LogP contribution in [0.2, 0.25) is 0 Å². The number of nitrogens with zero attached hydrogens (tertiary/aromatic N) is 4. The fourth-order valence-electron chi connectivity index (χ4n) is 4.43. The van der Waals surface area contributed by atoms with E-state index in [2.05, 4.69) is 35.8 Å². The van der Waals surface area contributed by atoms with Crippen LogP contribution in [0.4, 0.5) is 0 Å². The second kappa shape index (κ2) is 10.2. The highest BCUT2D eigenvalue weighted by molar-refractivity contribution is 9.10. The van der Waals surface area contributed by atoms with Gasteiger partial charge in [0.1, 0.15) is 5.75 Å². The van der Waals surface area contributed by atoms with Gasteiger partial charge in [-0.2, -0.15) is 9.78 Å². The number of para-hydroxylation sites is 1. The molecule has 0 aliphatic rings. The topological polar surface area (TPSA) is 61.4 Å². The van der Waals surface area contributed by atoms with Crippen LogP contribution in [0, 0.1) is 6.92 Å². The molecular weight excluding hydrogens is 528 g/mol. The number of fused-ring (bicyclic) bond motifs is 1. The van der Waals surface area contributed by atoms with Gasteiger partial charge in [0.2, 0.25) is 0 Å². The van der Waals surface area contributed by atoms with Gasteiger partial charge in [0, 0.05) is 21.9 Å². The standard InChI is InChI=1S/C30H27BrN4O2/c1-19(2)25-17-26(20(3)16-28(25)37-4)29-33-27-10-6-5-9-24(27)30(36)35(29)32-18-23-8-7-15-34(23)22-13-11-21(31)12-14-22/h5-19H,1-4H3. The van der Waals surface area contributed by atoms with Crippen molar-refractivity contribution in [2.75, 3.05) is 7.11 Å². The minimum Gasteiger partial charge on any atom is -0.496 e. The minimum atomic E-state index is -0.222. The summed E-state index contributed by atoms with van der Waals surface area (Å²) >= 11 is 3.49. The Morgan fingerprint density at radius 2 is 1.78 bits per heavy atom. The van der Waals surface area contributed by atoms with Crippen molar-refractivity contribution < 1.29 is 4.74 Å². The molecule has 0 saturated carbocycles. The first-order valence-electron chi connectivity index (χ1n) is 12.1. The summed E-state index contributed by atoms with van der Waals surface area (Å²) in [4.78, 5) is 18.6. The Balaban J connectivity index is 1.71. The molecule has 7 heteroatoms. The number of benzene rings is 3. The molecule has 186 valence electrons. The fraction of sp³-hybridized carbons (Fsp3) is 0.167. The fourth-order valence-corrected chi connectivity index (χ4v) is 4.69. The summed E-state index contributed by atoms with van der Waals surface area (Å²) in [7, 11) is 1.68. The van der Waals surface area contributed by atoms with Crippen molar-refractivity contribution in [1.29, 1.82) is 0 Å². The number of rotatable bonds is 6. The molecule has 5 rings (SSSR count). The summed E-state index contributed by atoms with van der Waals surface area (Å²) in [5.41, 5.74) is 5.08. The number of aryl methyl sites for hydroxylation is 1. The number of aromatic nitrogens is 3. The normalized spacial score (nSPS) is 11.6. The summed E-state index contributed by atoms with van der Waals surface area (Å²) in [5.74, 6) is 1.54. The third-order valence-electron chi connectivity index (χ3n) is 6.38. The van der Waals surface area contributed by atoms with E-state index in [-0.39, 0.29) is 11.5 Å². The maximum atomic E-state index is 13.7. The first-order chi connectivity index (χ1) is 17.9. The van der Waals surface area contributed by atoms with Gasteiger partial charge in [0.15, 0.2) is 5.82 Å². The number of ether oxygens (including phenoxy) is 1. The van der Waals surface area contributed by atoms with E-state index in [0.717, 1.165) is 38.3 Å². The number of hydrogen-bond acceptors (Lipinski definition) is 4. The van der Waals surface area contributed by atoms with E-state index < -0.39 is 0 Å². The van der Waals surface area contributed by atoms with E-state index in [1.807, 2.05) is 78.4 Å². The van der Waals surface area contributed by atoms with Crippen molar-refractivity contribution in [2.24, 2.45) is 5.10 Å². The largest absolute Gasteiger partial charge is 0.496 e. The molecule has 0 atom stereocenters. The molecule has 0 fully saturated rings. The SMILES string of the molecule is COc1cc(C)c(-c2nc3ccccc3c(=O)n2N=Cc2cccn2-c2ccc(Br)cc2)cc1C(C)C. The van der Waals surface area contributed by atoms with Crippen molar-refractivity contribution >= 4 is 33.0 Å².